The molecule has 104 valence electrons. The number of anilines is 2. The van der Waals surface area contributed by atoms with Gasteiger partial charge < -0.3 is 15.4 Å². The van der Waals surface area contributed by atoms with Gasteiger partial charge in [-0.2, -0.15) is 5.10 Å². The highest BCUT2D eigenvalue weighted by molar-refractivity contribution is 5.98. The maximum atomic E-state index is 11.6. The van der Waals surface area contributed by atoms with E-state index in [1.165, 1.54) is 0 Å². The van der Waals surface area contributed by atoms with Crippen molar-refractivity contribution < 1.29 is 9.53 Å². The molecule has 0 aliphatic carbocycles. The summed E-state index contributed by atoms with van der Waals surface area (Å²) in [5.74, 6) is 0.574. The quantitative estimate of drug-likeness (QED) is 0.893. The molecule has 0 saturated carbocycles. The minimum absolute atomic E-state index is 0.124. The average molecular weight is 272 g/mol. The molecule has 1 aliphatic heterocycles. The fraction of sp³-hybridized carbons (Fsp3) is 0.286. The highest BCUT2D eigenvalue weighted by Gasteiger charge is 2.23. The predicted octanol–water partition coefficient (Wildman–Crippen LogP) is 1.75. The van der Waals surface area contributed by atoms with E-state index in [0.29, 0.717) is 18.0 Å². The summed E-state index contributed by atoms with van der Waals surface area (Å²) in [5.41, 5.74) is 2.70. The van der Waals surface area contributed by atoms with Crippen molar-refractivity contribution in [2.45, 2.75) is 19.6 Å². The third-order valence-corrected chi connectivity index (χ3v) is 3.31. The Labute approximate surface area is 116 Å². The Hall–Kier alpha value is -2.50. The van der Waals surface area contributed by atoms with E-state index >= 15 is 0 Å². The van der Waals surface area contributed by atoms with Gasteiger partial charge in [0.05, 0.1) is 17.9 Å². The van der Waals surface area contributed by atoms with E-state index in [9.17, 15) is 4.79 Å². The van der Waals surface area contributed by atoms with Gasteiger partial charge in [0.2, 0.25) is 0 Å². The summed E-state index contributed by atoms with van der Waals surface area (Å²) in [4.78, 5) is 11.6. The van der Waals surface area contributed by atoms with Crippen molar-refractivity contribution in [3.63, 3.8) is 0 Å². The Morgan fingerprint density at radius 1 is 1.45 bits per heavy atom. The third kappa shape index (κ3) is 2.32. The van der Waals surface area contributed by atoms with Gasteiger partial charge >= 0.3 is 0 Å². The van der Waals surface area contributed by atoms with Crippen LogP contribution in [0.15, 0.2) is 30.5 Å². The Balaban J connectivity index is 1.74. The SMILES string of the molecule is CC1Oc2ccc(NCc3ccnn3C)cc2NC1=O. The number of rotatable bonds is 3. The number of ether oxygens (including phenoxy) is 1. The summed E-state index contributed by atoms with van der Waals surface area (Å²) in [6.45, 7) is 2.40. The van der Waals surface area contributed by atoms with E-state index in [1.807, 2.05) is 36.0 Å². The van der Waals surface area contributed by atoms with E-state index in [2.05, 4.69) is 15.7 Å². The Kier molecular flexibility index (Phi) is 3.06. The molecule has 0 spiro atoms. The zero-order valence-electron chi connectivity index (χ0n) is 11.4. The fourth-order valence-electron chi connectivity index (χ4n) is 2.09. The Bertz CT molecular complexity index is 650. The Morgan fingerprint density at radius 2 is 2.30 bits per heavy atom. The monoisotopic (exact) mass is 272 g/mol. The first-order valence-electron chi connectivity index (χ1n) is 6.46. The average Bonchev–Trinajstić information content (AvgIpc) is 2.83. The zero-order valence-corrected chi connectivity index (χ0v) is 11.4. The molecule has 1 aliphatic rings. The fourth-order valence-corrected chi connectivity index (χ4v) is 2.09. The number of hydrogen-bond donors (Lipinski definition) is 2. The first kappa shape index (κ1) is 12.5. The van der Waals surface area contributed by atoms with Gasteiger partial charge in [-0.1, -0.05) is 0 Å². The molecule has 1 atom stereocenters. The van der Waals surface area contributed by atoms with Crippen molar-refractivity contribution in [3.05, 3.63) is 36.2 Å². The second-order valence-corrected chi connectivity index (χ2v) is 4.76. The predicted molar refractivity (Wildman–Crippen MR) is 75.7 cm³/mol. The molecule has 0 bridgehead atoms. The number of carbonyl (C=O) groups excluding carboxylic acids is 1. The molecular formula is C14H16N4O2. The largest absolute Gasteiger partial charge is 0.479 e. The molecule has 1 unspecified atom stereocenters. The molecule has 2 N–H and O–H groups in total. The minimum atomic E-state index is -0.448. The van der Waals surface area contributed by atoms with E-state index in [1.54, 1.807) is 13.1 Å². The number of fused-ring (bicyclic) bond motifs is 1. The van der Waals surface area contributed by atoms with Crippen LogP contribution in [0.5, 0.6) is 5.75 Å². The molecule has 3 rings (SSSR count). The molecule has 20 heavy (non-hydrogen) atoms. The van der Waals surface area contributed by atoms with Crippen molar-refractivity contribution in [1.29, 1.82) is 0 Å². The summed E-state index contributed by atoms with van der Waals surface area (Å²) >= 11 is 0. The van der Waals surface area contributed by atoms with Gasteiger partial charge in [0.1, 0.15) is 5.75 Å². The highest BCUT2D eigenvalue weighted by Crippen LogP contribution is 2.32. The minimum Gasteiger partial charge on any atom is -0.479 e. The number of hydrogen-bond acceptors (Lipinski definition) is 4. The number of nitrogens with zero attached hydrogens (tertiary/aromatic N) is 2. The first-order valence-corrected chi connectivity index (χ1v) is 6.46. The van der Waals surface area contributed by atoms with Crippen LogP contribution >= 0.6 is 0 Å². The molecule has 6 nitrogen and oxygen atoms in total. The number of aromatic nitrogens is 2. The van der Waals surface area contributed by atoms with Gasteiger partial charge in [0, 0.05) is 18.9 Å². The molecule has 6 heteroatoms. The van der Waals surface area contributed by atoms with Crippen molar-refractivity contribution in [1.82, 2.24) is 9.78 Å². The van der Waals surface area contributed by atoms with E-state index < -0.39 is 6.10 Å². The molecule has 1 aromatic heterocycles. The lowest BCUT2D eigenvalue weighted by Crippen LogP contribution is -2.34. The van der Waals surface area contributed by atoms with Gasteiger partial charge in [-0.05, 0) is 31.2 Å². The molecule has 0 fully saturated rings. The lowest BCUT2D eigenvalue weighted by atomic mass is 10.2. The summed E-state index contributed by atoms with van der Waals surface area (Å²) in [7, 11) is 1.90. The van der Waals surface area contributed by atoms with Crippen LogP contribution in [0.25, 0.3) is 0 Å². The van der Waals surface area contributed by atoms with Crippen molar-refractivity contribution in [2.75, 3.05) is 10.6 Å². The van der Waals surface area contributed by atoms with Crippen LogP contribution in [0.1, 0.15) is 12.6 Å². The van der Waals surface area contributed by atoms with Gasteiger partial charge in [-0.3, -0.25) is 9.48 Å². The molecule has 2 heterocycles. The maximum absolute atomic E-state index is 11.6. The molecule has 0 radical (unpaired) electrons. The summed E-state index contributed by atoms with van der Waals surface area (Å²) in [6, 6.07) is 7.61. The second kappa shape index (κ2) is 4.88. The number of nitrogens with one attached hydrogen (secondary N) is 2. The van der Waals surface area contributed by atoms with Crippen LogP contribution < -0.4 is 15.4 Å². The molecule has 1 amide bonds. The highest BCUT2D eigenvalue weighted by atomic mass is 16.5. The standard InChI is InChI=1S/C14H16N4O2/c1-9-14(19)17-12-7-10(3-4-13(12)20-9)15-8-11-5-6-16-18(11)2/h3-7,9,15H,8H2,1-2H3,(H,17,19). The first-order chi connectivity index (χ1) is 9.63. The van der Waals surface area contributed by atoms with Crippen LogP contribution in [-0.4, -0.2) is 21.8 Å². The third-order valence-electron chi connectivity index (χ3n) is 3.31. The van der Waals surface area contributed by atoms with E-state index in [4.69, 9.17) is 4.74 Å². The second-order valence-electron chi connectivity index (χ2n) is 4.76. The van der Waals surface area contributed by atoms with E-state index in [0.717, 1.165) is 11.4 Å². The molecular weight excluding hydrogens is 256 g/mol. The van der Waals surface area contributed by atoms with Gasteiger partial charge in [-0.25, -0.2) is 0 Å². The normalized spacial score (nSPS) is 17.1. The van der Waals surface area contributed by atoms with Gasteiger partial charge in [0.25, 0.3) is 5.91 Å². The topological polar surface area (TPSA) is 68.2 Å². The van der Waals surface area contributed by atoms with Crippen LogP contribution in [-0.2, 0) is 18.4 Å². The van der Waals surface area contributed by atoms with Crippen LogP contribution in [0, 0.1) is 0 Å². The number of benzene rings is 1. The summed E-state index contributed by atoms with van der Waals surface area (Å²) < 4.78 is 7.33. The Morgan fingerprint density at radius 3 is 3.05 bits per heavy atom. The lowest BCUT2D eigenvalue weighted by Gasteiger charge is -2.23. The van der Waals surface area contributed by atoms with Gasteiger partial charge in [0.15, 0.2) is 6.10 Å². The van der Waals surface area contributed by atoms with Crippen molar-refractivity contribution in [2.24, 2.45) is 7.05 Å². The maximum Gasteiger partial charge on any atom is 0.265 e. The summed E-state index contributed by atoms with van der Waals surface area (Å²) in [5, 5.41) is 10.2. The van der Waals surface area contributed by atoms with Crippen LogP contribution in [0.2, 0.25) is 0 Å². The molecule has 1 aromatic carbocycles. The van der Waals surface area contributed by atoms with Crippen LogP contribution in [0.4, 0.5) is 11.4 Å². The number of amides is 1. The van der Waals surface area contributed by atoms with E-state index in [-0.39, 0.29) is 5.91 Å². The van der Waals surface area contributed by atoms with Crippen molar-refractivity contribution >= 4 is 17.3 Å². The van der Waals surface area contributed by atoms with Crippen molar-refractivity contribution in [3.8, 4) is 5.75 Å². The zero-order chi connectivity index (χ0) is 14.1. The van der Waals surface area contributed by atoms with Crippen LogP contribution in [0.3, 0.4) is 0 Å². The lowest BCUT2D eigenvalue weighted by molar-refractivity contribution is -0.122. The van der Waals surface area contributed by atoms with Gasteiger partial charge in [-0.15, -0.1) is 0 Å². The smallest absolute Gasteiger partial charge is 0.265 e. The summed E-state index contributed by atoms with van der Waals surface area (Å²) in [6.07, 6.45) is 1.31. The molecule has 0 saturated heterocycles. The number of carbonyl (C=O) groups is 1. The number of aryl methyl sites for hydroxylation is 1. The molecule has 2 aromatic rings.